The first-order valence-electron chi connectivity index (χ1n) is 3.62. The van der Waals surface area contributed by atoms with E-state index in [0.717, 1.165) is 0 Å². The van der Waals surface area contributed by atoms with Gasteiger partial charge in [-0.1, -0.05) is 17.5 Å². The zero-order chi connectivity index (χ0) is 9.68. The van der Waals surface area contributed by atoms with Crippen LogP contribution in [0.15, 0.2) is 18.2 Å². The summed E-state index contributed by atoms with van der Waals surface area (Å²) in [4.78, 5) is 9.98. The van der Waals surface area contributed by atoms with Crippen LogP contribution in [0, 0.1) is 11.8 Å². The Balaban J connectivity index is 3.13. The molecule has 0 aromatic heterocycles. The summed E-state index contributed by atoms with van der Waals surface area (Å²) in [6.07, 6.45) is 0.510. The van der Waals surface area contributed by atoms with E-state index in [4.69, 9.17) is 16.7 Å². The van der Waals surface area contributed by atoms with Crippen LogP contribution < -0.4 is 0 Å². The fourth-order valence-electron chi connectivity index (χ4n) is 0.922. The highest BCUT2D eigenvalue weighted by Gasteiger charge is 1.98. The Morgan fingerprint density at radius 1 is 1.54 bits per heavy atom. The van der Waals surface area contributed by atoms with Gasteiger partial charge in [0.2, 0.25) is 0 Å². The molecular formula is C10H7ClO2. The molecule has 0 aliphatic heterocycles. The molecule has 0 fully saturated rings. The summed E-state index contributed by atoms with van der Waals surface area (Å²) >= 11 is 5.70. The van der Waals surface area contributed by atoms with Gasteiger partial charge in [-0.15, -0.1) is 0 Å². The summed E-state index contributed by atoms with van der Waals surface area (Å²) in [5, 5.41) is 9.47. The molecule has 66 valence electrons. The maximum absolute atomic E-state index is 9.98. The van der Waals surface area contributed by atoms with Gasteiger partial charge in [-0.25, -0.2) is 0 Å². The third-order valence-electron chi connectivity index (χ3n) is 1.50. The third-order valence-corrected chi connectivity index (χ3v) is 1.74. The fraction of sp³-hybridized carbons (Fsp3) is 0.100. The Hall–Kier alpha value is -1.30. The van der Waals surface area contributed by atoms with Crippen molar-refractivity contribution >= 4 is 17.9 Å². The van der Waals surface area contributed by atoms with Gasteiger partial charge in [0, 0.05) is 10.6 Å². The van der Waals surface area contributed by atoms with Crippen LogP contribution in [0.3, 0.4) is 0 Å². The molecule has 1 N–H and O–H groups in total. The lowest BCUT2D eigenvalue weighted by molar-refractivity contribution is -0.103. The highest BCUT2D eigenvalue weighted by molar-refractivity contribution is 6.30. The molecule has 0 unspecified atom stereocenters. The van der Waals surface area contributed by atoms with Gasteiger partial charge >= 0.3 is 0 Å². The molecule has 0 saturated heterocycles. The molecule has 0 amide bonds. The monoisotopic (exact) mass is 194 g/mol. The smallest absolute Gasteiger partial charge is 0.193 e. The summed E-state index contributed by atoms with van der Waals surface area (Å²) in [5.74, 6) is 4.88. The number of benzene rings is 1. The average Bonchev–Trinajstić information content (AvgIpc) is 2.16. The van der Waals surface area contributed by atoms with E-state index in [0.29, 0.717) is 22.4 Å². The molecule has 3 heteroatoms. The zero-order valence-corrected chi connectivity index (χ0v) is 7.51. The van der Waals surface area contributed by atoms with Crippen molar-refractivity contribution in [2.24, 2.45) is 0 Å². The highest BCUT2D eigenvalue weighted by atomic mass is 35.5. The van der Waals surface area contributed by atoms with Gasteiger partial charge in [-0.05, 0) is 29.7 Å². The van der Waals surface area contributed by atoms with Gasteiger partial charge in [-0.3, -0.25) is 4.79 Å². The Bertz CT molecular complexity index is 374. The highest BCUT2D eigenvalue weighted by Crippen LogP contribution is 2.15. The van der Waals surface area contributed by atoms with Crippen LogP contribution in [0.25, 0.3) is 0 Å². The molecule has 1 rings (SSSR count). The molecule has 1 aromatic rings. The Morgan fingerprint density at radius 3 is 2.92 bits per heavy atom. The van der Waals surface area contributed by atoms with E-state index in [1.165, 1.54) is 0 Å². The summed E-state index contributed by atoms with van der Waals surface area (Å²) in [6.45, 7) is -0.135. The maximum atomic E-state index is 9.98. The number of halogens is 1. The van der Waals surface area contributed by atoms with Gasteiger partial charge < -0.3 is 5.11 Å². The van der Waals surface area contributed by atoms with E-state index in [1.807, 2.05) is 0 Å². The van der Waals surface area contributed by atoms with E-state index < -0.39 is 0 Å². The van der Waals surface area contributed by atoms with Crippen molar-refractivity contribution in [1.82, 2.24) is 0 Å². The standard InChI is InChI=1S/C10H7ClO2/c11-10-4-3-8(2-1-5-12)9(6-10)7-13/h3-6,13H,7H2. The number of aliphatic hydroxyl groups excluding tert-OH is 1. The van der Waals surface area contributed by atoms with E-state index >= 15 is 0 Å². The summed E-state index contributed by atoms with van der Waals surface area (Å²) < 4.78 is 0. The molecule has 0 spiro atoms. The molecule has 13 heavy (non-hydrogen) atoms. The van der Waals surface area contributed by atoms with Crippen LogP contribution in [0.4, 0.5) is 0 Å². The topological polar surface area (TPSA) is 37.3 Å². The quantitative estimate of drug-likeness (QED) is 0.542. The largest absolute Gasteiger partial charge is 0.392 e. The van der Waals surface area contributed by atoms with Crippen molar-refractivity contribution in [2.75, 3.05) is 0 Å². The molecule has 0 radical (unpaired) electrons. The number of hydrogen-bond acceptors (Lipinski definition) is 2. The molecule has 2 nitrogen and oxygen atoms in total. The molecule has 0 aliphatic carbocycles. The number of carbonyl (C=O) groups excluding carboxylic acids is 1. The number of rotatable bonds is 1. The van der Waals surface area contributed by atoms with Gasteiger partial charge in [-0.2, -0.15) is 0 Å². The van der Waals surface area contributed by atoms with Crippen LogP contribution >= 0.6 is 11.6 Å². The van der Waals surface area contributed by atoms with Gasteiger partial charge in [0.25, 0.3) is 0 Å². The normalized spacial score (nSPS) is 8.77. The minimum atomic E-state index is -0.135. The van der Waals surface area contributed by atoms with Crippen LogP contribution in [0.2, 0.25) is 5.02 Å². The first-order valence-corrected chi connectivity index (χ1v) is 4.00. The first-order chi connectivity index (χ1) is 6.27. The van der Waals surface area contributed by atoms with Gasteiger partial charge in [0.1, 0.15) is 0 Å². The predicted molar refractivity (Wildman–Crippen MR) is 50.3 cm³/mol. The SMILES string of the molecule is O=CC#Cc1ccc(Cl)cc1CO. The maximum Gasteiger partial charge on any atom is 0.193 e. The average molecular weight is 195 g/mol. The molecule has 0 atom stereocenters. The van der Waals surface area contributed by atoms with Crippen molar-refractivity contribution in [3.63, 3.8) is 0 Å². The van der Waals surface area contributed by atoms with E-state index in [2.05, 4.69) is 11.8 Å². The number of aldehydes is 1. The van der Waals surface area contributed by atoms with Crippen molar-refractivity contribution in [3.8, 4) is 11.8 Å². The van der Waals surface area contributed by atoms with Crippen molar-refractivity contribution < 1.29 is 9.90 Å². The molecule has 0 bridgehead atoms. The van der Waals surface area contributed by atoms with E-state index in [1.54, 1.807) is 18.2 Å². The number of hydrogen-bond donors (Lipinski definition) is 1. The minimum Gasteiger partial charge on any atom is -0.392 e. The Kier molecular flexibility index (Phi) is 3.51. The van der Waals surface area contributed by atoms with Crippen LogP contribution in [-0.2, 0) is 11.4 Å². The second-order valence-electron chi connectivity index (χ2n) is 2.35. The molecule has 0 saturated carbocycles. The van der Waals surface area contributed by atoms with E-state index in [9.17, 15) is 4.79 Å². The Morgan fingerprint density at radius 2 is 2.31 bits per heavy atom. The van der Waals surface area contributed by atoms with Crippen molar-refractivity contribution in [2.45, 2.75) is 6.61 Å². The number of carbonyl (C=O) groups is 1. The van der Waals surface area contributed by atoms with Gasteiger partial charge in [0.05, 0.1) is 6.61 Å². The Labute approximate surface area is 81.1 Å². The van der Waals surface area contributed by atoms with Crippen molar-refractivity contribution in [1.29, 1.82) is 0 Å². The fourth-order valence-corrected chi connectivity index (χ4v) is 1.12. The van der Waals surface area contributed by atoms with E-state index in [-0.39, 0.29) is 6.61 Å². The third kappa shape index (κ3) is 2.59. The summed E-state index contributed by atoms with van der Waals surface area (Å²) in [6, 6.07) is 4.95. The van der Waals surface area contributed by atoms with Crippen LogP contribution in [0.1, 0.15) is 11.1 Å². The van der Waals surface area contributed by atoms with Crippen LogP contribution in [0.5, 0.6) is 0 Å². The lowest BCUT2D eigenvalue weighted by atomic mass is 10.1. The molecule has 0 aliphatic rings. The lowest BCUT2D eigenvalue weighted by Gasteiger charge is -2.00. The summed E-state index contributed by atoms with van der Waals surface area (Å²) in [5.41, 5.74) is 1.25. The predicted octanol–water partition coefficient (Wildman–Crippen LogP) is 1.38. The molecule has 0 heterocycles. The number of aliphatic hydroxyl groups is 1. The van der Waals surface area contributed by atoms with Crippen molar-refractivity contribution in [3.05, 3.63) is 34.3 Å². The second kappa shape index (κ2) is 4.66. The van der Waals surface area contributed by atoms with Gasteiger partial charge in [0.15, 0.2) is 6.29 Å². The molecular weight excluding hydrogens is 188 g/mol. The molecule has 1 aromatic carbocycles. The lowest BCUT2D eigenvalue weighted by Crippen LogP contribution is -1.88. The minimum absolute atomic E-state index is 0.135. The summed E-state index contributed by atoms with van der Waals surface area (Å²) in [7, 11) is 0. The van der Waals surface area contributed by atoms with Crippen LogP contribution in [-0.4, -0.2) is 11.4 Å². The zero-order valence-electron chi connectivity index (χ0n) is 6.75. The first kappa shape index (κ1) is 9.79. The second-order valence-corrected chi connectivity index (χ2v) is 2.78.